The van der Waals surface area contributed by atoms with E-state index in [1.165, 1.54) is 7.11 Å². The first kappa shape index (κ1) is 15.5. The molecule has 0 fully saturated rings. The predicted molar refractivity (Wildman–Crippen MR) is 75.2 cm³/mol. The van der Waals surface area contributed by atoms with Gasteiger partial charge in [0, 0.05) is 12.5 Å². The zero-order valence-electron chi connectivity index (χ0n) is 11.7. The van der Waals surface area contributed by atoms with Crippen molar-refractivity contribution in [1.29, 1.82) is 0 Å². The number of methoxy groups -OCH3 is 1. The molecule has 0 spiro atoms. The molecule has 19 heavy (non-hydrogen) atoms. The van der Waals surface area contributed by atoms with Gasteiger partial charge in [-0.1, -0.05) is 19.1 Å². The Morgan fingerprint density at radius 2 is 2.21 bits per heavy atom. The summed E-state index contributed by atoms with van der Waals surface area (Å²) in [5.74, 6) is 0.662. The molecule has 1 rings (SSSR count). The minimum atomic E-state index is -0.213. The van der Waals surface area contributed by atoms with Crippen molar-refractivity contribution in [1.82, 2.24) is 0 Å². The molecule has 1 unspecified atom stereocenters. The number of carbonyl (C=O) groups is 1. The number of carbonyl (C=O) groups excluding carboxylic acids is 1. The smallest absolute Gasteiger partial charge is 0.305 e. The molecule has 0 radical (unpaired) electrons. The third kappa shape index (κ3) is 6.25. The van der Waals surface area contributed by atoms with Gasteiger partial charge in [0.1, 0.15) is 5.75 Å². The first-order valence-corrected chi connectivity index (χ1v) is 6.69. The van der Waals surface area contributed by atoms with Gasteiger partial charge in [0.15, 0.2) is 0 Å². The SMILES string of the molecule is CCCOc1cccc(CC(N)CCC(=O)OC)c1. The van der Waals surface area contributed by atoms with Gasteiger partial charge in [0.05, 0.1) is 13.7 Å². The zero-order valence-corrected chi connectivity index (χ0v) is 11.7. The second kappa shape index (κ2) is 8.53. The number of hydrogen-bond donors (Lipinski definition) is 1. The van der Waals surface area contributed by atoms with E-state index in [0.29, 0.717) is 12.8 Å². The fourth-order valence-electron chi connectivity index (χ4n) is 1.79. The molecule has 106 valence electrons. The highest BCUT2D eigenvalue weighted by atomic mass is 16.5. The van der Waals surface area contributed by atoms with Gasteiger partial charge in [-0.2, -0.15) is 0 Å². The van der Waals surface area contributed by atoms with Crippen LogP contribution in [-0.4, -0.2) is 25.7 Å². The summed E-state index contributed by atoms with van der Waals surface area (Å²) >= 11 is 0. The molecule has 0 heterocycles. The first-order valence-electron chi connectivity index (χ1n) is 6.69. The van der Waals surface area contributed by atoms with E-state index in [9.17, 15) is 4.79 Å². The van der Waals surface area contributed by atoms with Gasteiger partial charge in [0.2, 0.25) is 0 Å². The molecule has 1 aromatic rings. The monoisotopic (exact) mass is 265 g/mol. The van der Waals surface area contributed by atoms with E-state index >= 15 is 0 Å². The van der Waals surface area contributed by atoms with Crippen molar-refractivity contribution in [2.24, 2.45) is 5.73 Å². The molecule has 0 amide bonds. The van der Waals surface area contributed by atoms with Gasteiger partial charge in [-0.25, -0.2) is 0 Å². The Morgan fingerprint density at radius 3 is 2.89 bits per heavy atom. The second-order valence-electron chi connectivity index (χ2n) is 4.57. The summed E-state index contributed by atoms with van der Waals surface area (Å²) in [7, 11) is 1.39. The summed E-state index contributed by atoms with van der Waals surface area (Å²) in [6.45, 7) is 2.80. The molecule has 1 aromatic carbocycles. The Morgan fingerprint density at radius 1 is 1.42 bits per heavy atom. The van der Waals surface area contributed by atoms with Crippen molar-refractivity contribution >= 4 is 5.97 Å². The molecule has 0 saturated carbocycles. The molecular weight excluding hydrogens is 242 g/mol. The summed E-state index contributed by atoms with van der Waals surface area (Å²) in [6, 6.07) is 7.90. The molecule has 0 aromatic heterocycles. The Labute approximate surface area is 114 Å². The van der Waals surface area contributed by atoms with Crippen LogP contribution in [0.3, 0.4) is 0 Å². The molecule has 2 N–H and O–H groups in total. The number of nitrogens with two attached hydrogens (primary N) is 1. The standard InChI is InChI=1S/C15H23NO3/c1-3-9-19-14-6-4-5-12(11-14)10-13(16)7-8-15(17)18-2/h4-6,11,13H,3,7-10,16H2,1-2H3. The normalized spacial score (nSPS) is 11.9. The number of rotatable bonds is 8. The number of ether oxygens (including phenoxy) is 2. The quantitative estimate of drug-likeness (QED) is 0.733. The van der Waals surface area contributed by atoms with Crippen molar-refractivity contribution in [3.63, 3.8) is 0 Å². The minimum absolute atomic E-state index is 0.0412. The second-order valence-corrected chi connectivity index (χ2v) is 4.57. The molecule has 0 bridgehead atoms. The Kier molecular flexibility index (Phi) is 6.97. The molecule has 0 aliphatic carbocycles. The van der Waals surface area contributed by atoms with Crippen LogP contribution in [-0.2, 0) is 16.0 Å². The summed E-state index contributed by atoms with van der Waals surface area (Å²) in [6.07, 6.45) is 2.72. The Hall–Kier alpha value is -1.55. The molecule has 1 atom stereocenters. The van der Waals surface area contributed by atoms with E-state index in [1.807, 2.05) is 24.3 Å². The Balaban J connectivity index is 2.44. The van der Waals surface area contributed by atoms with Gasteiger partial charge < -0.3 is 15.2 Å². The lowest BCUT2D eigenvalue weighted by Gasteiger charge is -2.12. The van der Waals surface area contributed by atoms with Crippen molar-refractivity contribution in [3.05, 3.63) is 29.8 Å². The van der Waals surface area contributed by atoms with E-state index in [1.54, 1.807) is 0 Å². The van der Waals surface area contributed by atoms with E-state index in [-0.39, 0.29) is 12.0 Å². The number of benzene rings is 1. The topological polar surface area (TPSA) is 61.5 Å². The van der Waals surface area contributed by atoms with E-state index in [2.05, 4.69) is 11.7 Å². The minimum Gasteiger partial charge on any atom is -0.494 e. The maximum absolute atomic E-state index is 11.0. The molecular formula is C15H23NO3. The van der Waals surface area contributed by atoms with Crippen LogP contribution >= 0.6 is 0 Å². The van der Waals surface area contributed by atoms with Gasteiger partial charge >= 0.3 is 5.97 Å². The van der Waals surface area contributed by atoms with Crippen LogP contribution in [0, 0.1) is 0 Å². The number of esters is 1. The summed E-state index contributed by atoms with van der Waals surface area (Å²) in [4.78, 5) is 11.0. The van der Waals surface area contributed by atoms with E-state index < -0.39 is 0 Å². The average Bonchev–Trinajstić information content (AvgIpc) is 2.43. The third-order valence-corrected chi connectivity index (χ3v) is 2.82. The van der Waals surface area contributed by atoms with Crippen molar-refractivity contribution < 1.29 is 14.3 Å². The summed E-state index contributed by atoms with van der Waals surface area (Å²) in [5, 5.41) is 0. The lowest BCUT2D eigenvalue weighted by molar-refractivity contribution is -0.140. The predicted octanol–water partition coefficient (Wildman–Crippen LogP) is 2.30. The van der Waals surface area contributed by atoms with Crippen LogP contribution in [0.25, 0.3) is 0 Å². The largest absolute Gasteiger partial charge is 0.494 e. The van der Waals surface area contributed by atoms with Crippen LogP contribution in [0.15, 0.2) is 24.3 Å². The lowest BCUT2D eigenvalue weighted by Crippen LogP contribution is -2.24. The summed E-state index contributed by atoms with van der Waals surface area (Å²) < 4.78 is 10.2. The maximum Gasteiger partial charge on any atom is 0.305 e. The highest BCUT2D eigenvalue weighted by molar-refractivity contribution is 5.69. The first-order chi connectivity index (χ1) is 9.15. The van der Waals surface area contributed by atoms with E-state index in [0.717, 1.165) is 30.8 Å². The average molecular weight is 265 g/mol. The highest BCUT2D eigenvalue weighted by Gasteiger charge is 2.08. The highest BCUT2D eigenvalue weighted by Crippen LogP contribution is 2.15. The van der Waals surface area contributed by atoms with Crippen molar-refractivity contribution in [3.8, 4) is 5.75 Å². The molecule has 4 nitrogen and oxygen atoms in total. The fraction of sp³-hybridized carbons (Fsp3) is 0.533. The molecule has 4 heteroatoms. The van der Waals surface area contributed by atoms with Crippen LogP contribution < -0.4 is 10.5 Å². The third-order valence-electron chi connectivity index (χ3n) is 2.82. The summed E-state index contributed by atoms with van der Waals surface area (Å²) in [5.41, 5.74) is 7.14. The van der Waals surface area contributed by atoms with E-state index in [4.69, 9.17) is 10.5 Å². The van der Waals surface area contributed by atoms with Gasteiger partial charge in [0.25, 0.3) is 0 Å². The molecule has 0 aliphatic rings. The van der Waals surface area contributed by atoms with Crippen molar-refractivity contribution in [2.45, 2.75) is 38.6 Å². The van der Waals surface area contributed by atoms with Crippen LogP contribution in [0.1, 0.15) is 31.7 Å². The fourth-order valence-corrected chi connectivity index (χ4v) is 1.79. The van der Waals surface area contributed by atoms with Crippen LogP contribution in [0.2, 0.25) is 0 Å². The van der Waals surface area contributed by atoms with Gasteiger partial charge in [-0.3, -0.25) is 4.79 Å². The molecule has 0 aliphatic heterocycles. The van der Waals surface area contributed by atoms with Crippen molar-refractivity contribution in [2.75, 3.05) is 13.7 Å². The van der Waals surface area contributed by atoms with Crippen LogP contribution in [0.5, 0.6) is 5.75 Å². The molecule has 0 saturated heterocycles. The number of hydrogen-bond acceptors (Lipinski definition) is 4. The lowest BCUT2D eigenvalue weighted by atomic mass is 10.0. The van der Waals surface area contributed by atoms with Gasteiger partial charge in [-0.05, 0) is 37.0 Å². The maximum atomic E-state index is 11.0. The Bertz CT molecular complexity index is 393. The van der Waals surface area contributed by atoms with Crippen LogP contribution in [0.4, 0.5) is 0 Å². The zero-order chi connectivity index (χ0) is 14.1. The van der Waals surface area contributed by atoms with Gasteiger partial charge in [-0.15, -0.1) is 0 Å².